The largest absolute Gasteiger partial charge is 0.478 e. The number of pyridine rings is 1. The van der Waals surface area contributed by atoms with Gasteiger partial charge in [-0.15, -0.1) is 24.8 Å². The van der Waals surface area contributed by atoms with Gasteiger partial charge >= 0.3 is 5.97 Å². The highest BCUT2D eigenvalue weighted by atomic mass is 35.5. The predicted octanol–water partition coefficient (Wildman–Crippen LogP) is 5.29. The number of hydrogen-bond donors (Lipinski definition) is 4. The van der Waals surface area contributed by atoms with E-state index in [1.54, 1.807) is 37.5 Å². The van der Waals surface area contributed by atoms with Crippen molar-refractivity contribution in [3.63, 3.8) is 0 Å². The molecule has 3 aromatic rings. The molecule has 1 aliphatic rings. The number of anilines is 1. The van der Waals surface area contributed by atoms with Crippen LogP contribution in [0.15, 0.2) is 54.7 Å². The topological polar surface area (TPSA) is 104 Å². The number of halogens is 3. The summed E-state index contributed by atoms with van der Waals surface area (Å²) >= 11 is 5.81. The van der Waals surface area contributed by atoms with Gasteiger partial charge in [-0.2, -0.15) is 0 Å². The first-order chi connectivity index (χ1) is 15.9. The third-order valence-electron chi connectivity index (χ3n) is 5.87. The number of hydrogen-bond acceptors (Lipinski definition) is 6. The number of aromatic nitrogens is 1. The van der Waals surface area contributed by atoms with Crippen LogP contribution < -0.4 is 15.4 Å². The Morgan fingerprint density at radius 3 is 2.57 bits per heavy atom. The fourth-order valence-electron chi connectivity index (χ4n) is 4.07. The molecule has 0 bridgehead atoms. The van der Waals surface area contributed by atoms with E-state index in [0.29, 0.717) is 28.9 Å². The standard InChI is InChI=1S/C25H26ClN3O4.2ClH/c1-27-22-8-7-20(12-21(22)25(31)32)33-19-6-3-15-2-5-18(10-17(15)11-19)28-14-23(30)16-4-9-24(26)29-13-16;;/h3-4,6-9,11-13,18,23,27-28,30H,2,5,10,14H2,1H3,(H,31,32);2*1H/t18-,23+;;/m0../s1. The van der Waals surface area contributed by atoms with Crippen molar-refractivity contribution in [2.45, 2.75) is 31.4 Å². The number of aryl methyl sites for hydroxylation is 1. The van der Waals surface area contributed by atoms with Gasteiger partial charge in [0.25, 0.3) is 0 Å². The molecule has 2 aromatic carbocycles. The highest BCUT2D eigenvalue weighted by Gasteiger charge is 2.20. The van der Waals surface area contributed by atoms with E-state index in [0.717, 1.165) is 24.8 Å². The minimum absolute atomic E-state index is 0. The number of fused-ring (bicyclic) bond motifs is 1. The van der Waals surface area contributed by atoms with E-state index in [2.05, 4.69) is 21.7 Å². The van der Waals surface area contributed by atoms with Crippen LogP contribution >= 0.6 is 36.4 Å². The van der Waals surface area contributed by atoms with E-state index in [4.69, 9.17) is 16.3 Å². The number of aliphatic hydroxyl groups is 1. The summed E-state index contributed by atoms with van der Waals surface area (Å²) in [5.74, 6) is 0.118. The number of aliphatic hydroxyl groups excluding tert-OH is 1. The number of rotatable bonds is 8. The number of carboxylic acid groups (broad SMARTS) is 1. The second kappa shape index (κ2) is 13.0. The van der Waals surface area contributed by atoms with E-state index < -0.39 is 12.1 Å². The van der Waals surface area contributed by atoms with Crippen LogP contribution in [0.2, 0.25) is 5.15 Å². The molecular formula is C25H28Cl3N3O4. The van der Waals surface area contributed by atoms with Gasteiger partial charge in [0.1, 0.15) is 16.7 Å². The molecule has 4 N–H and O–H groups in total. The molecule has 0 unspecified atom stereocenters. The van der Waals surface area contributed by atoms with Gasteiger partial charge in [0, 0.05) is 37.1 Å². The number of carboxylic acids is 1. The van der Waals surface area contributed by atoms with Crippen molar-refractivity contribution in [2.75, 3.05) is 18.9 Å². The molecule has 188 valence electrons. The van der Waals surface area contributed by atoms with Crippen molar-refractivity contribution < 1.29 is 19.7 Å². The Balaban J connectivity index is 0.00000216. The zero-order chi connectivity index (χ0) is 23.4. The van der Waals surface area contributed by atoms with E-state index in [1.807, 2.05) is 12.1 Å². The highest BCUT2D eigenvalue weighted by molar-refractivity contribution is 6.29. The first kappa shape index (κ1) is 28.7. The first-order valence-electron chi connectivity index (χ1n) is 10.8. The maximum atomic E-state index is 11.5. The Morgan fingerprint density at radius 2 is 1.89 bits per heavy atom. The summed E-state index contributed by atoms with van der Waals surface area (Å²) in [7, 11) is 1.68. The van der Waals surface area contributed by atoms with Gasteiger partial charge in [0.05, 0.1) is 11.7 Å². The third kappa shape index (κ3) is 7.22. The summed E-state index contributed by atoms with van der Waals surface area (Å²) < 4.78 is 5.97. The molecule has 0 amide bonds. The van der Waals surface area contributed by atoms with Gasteiger partial charge in [0.2, 0.25) is 0 Å². The van der Waals surface area contributed by atoms with Crippen molar-refractivity contribution >= 4 is 48.1 Å². The van der Waals surface area contributed by atoms with Gasteiger partial charge in [0.15, 0.2) is 0 Å². The lowest BCUT2D eigenvalue weighted by Crippen LogP contribution is -2.37. The molecule has 2 atom stereocenters. The zero-order valence-corrected chi connectivity index (χ0v) is 21.4. The maximum absolute atomic E-state index is 11.5. The SMILES string of the molecule is CNc1ccc(Oc2ccc3c(c2)C[C@@H](NC[C@@H](O)c2ccc(Cl)nc2)CC3)cc1C(=O)O.Cl.Cl. The van der Waals surface area contributed by atoms with Crippen molar-refractivity contribution in [2.24, 2.45) is 0 Å². The normalized spacial score (nSPS) is 15.1. The van der Waals surface area contributed by atoms with Crippen molar-refractivity contribution in [3.8, 4) is 11.5 Å². The van der Waals surface area contributed by atoms with Crippen molar-refractivity contribution in [1.82, 2.24) is 10.3 Å². The van der Waals surface area contributed by atoms with E-state index >= 15 is 0 Å². The molecule has 4 rings (SSSR count). The average molecular weight is 541 g/mol. The summed E-state index contributed by atoms with van der Waals surface area (Å²) in [6.45, 7) is 0.426. The van der Waals surface area contributed by atoms with Crippen molar-refractivity contribution in [3.05, 3.63) is 82.1 Å². The zero-order valence-electron chi connectivity index (χ0n) is 19.0. The van der Waals surface area contributed by atoms with Crippen molar-refractivity contribution in [1.29, 1.82) is 0 Å². The van der Waals surface area contributed by atoms with Crippen LogP contribution in [0.5, 0.6) is 11.5 Å². The molecule has 0 saturated carbocycles. The van der Waals surface area contributed by atoms with Gasteiger partial charge in [-0.25, -0.2) is 9.78 Å². The van der Waals surface area contributed by atoms with Gasteiger partial charge in [-0.3, -0.25) is 0 Å². The van der Waals surface area contributed by atoms with Gasteiger partial charge in [-0.05, 0) is 66.8 Å². The first-order valence-corrected chi connectivity index (χ1v) is 11.2. The lowest BCUT2D eigenvalue weighted by molar-refractivity contribution is 0.0697. The molecule has 0 spiro atoms. The van der Waals surface area contributed by atoms with Crippen LogP contribution in [0.1, 0.15) is 39.6 Å². The van der Waals surface area contributed by atoms with Crippen LogP contribution in [-0.4, -0.2) is 40.8 Å². The molecule has 0 saturated heterocycles. The summed E-state index contributed by atoms with van der Waals surface area (Å²) in [6, 6.07) is 14.6. The number of benzene rings is 2. The molecule has 10 heteroatoms. The minimum Gasteiger partial charge on any atom is -0.478 e. The Kier molecular flexibility index (Phi) is 10.6. The van der Waals surface area contributed by atoms with Crippen LogP contribution in [0, 0.1) is 0 Å². The van der Waals surface area contributed by atoms with Gasteiger partial charge in [-0.1, -0.05) is 23.7 Å². The number of nitrogens with one attached hydrogen (secondary N) is 2. The number of ether oxygens (including phenoxy) is 1. The molecule has 0 radical (unpaired) electrons. The van der Waals surface area contributed by atoms with Crippen LogP contribution in [0.3, 0.4) is 0 Å². The molecule has 35 heavy (non-hydrogen) atoms. The molecular weight excluding hydrogens is 513 g/mol. The average Bonchev–Trinajstić information content (AvgIpc) is 2.82. The fourth-order valence-corrected chi connectivity index (χ4v) is 4.18. The number of nitrogens with zero attached hydrogens (tertiary/aromatic N) is 1. The summed E-state index contributed by atoms with van der Waals surface area (Å²) in [4.78, 5) is 15.5. The lowest BCUT2D eigenvalue weighted by Gasteiger charge is -2.27. The summed E-state index contributed by atoms with van der Waals surface area (Å²) in [6.07, 6.45) is 3.66. The smallest absolute Gasteiger partial charge is 0.337 e. The van der Waals surface area contributed by atoms with E-state index in [9.17, 15) is 15.0 Å². The number of aromatic carboxylic acids is 1. The van der Waals surface area contributed by atoms with Crippen LogP contribution in [0.4, 0.5) is 5.69 Å². The third-order valence-corrected chi connectivity index (χ3v) is 6.09. The Bertz CT molecular complexity index is 1150. The fraction of sp³-hybridized carbons (Fsp3) is 0.280. The second-order valence-corrected chi connectivity index (χ2v) is 8.46. The Hall–Kier alpha value is -2.55. The molecule has 0 fully saturated rings. The summed E-state index contributed by atoms with van der Waals surface area (Å²) in [5.41, 5.74) is 3.88. The molecule has 1 aromatic heterocycles. The monoisotopic (exact) mass is 539 g/mol. The molecule has 0 aliphatic heterocycles. The van der Waals surface area contributed by atoms with Crippen LogP contribution in [-0.2, 0) is 12.8 Å². The second-order valence-electron chi connectivity index (χ2n) is 8.07. The Labute approximate surface area is 221 Å². The quantitative estimate of drug-likeness (QED) is 0.288. The van der Waals surface area contributed by atoms with E-state index in [1.165, 1.54) is 17.2 Å². The highest BCUT2D eigenvalue weighted by Crippen LogP contribution is 2.30. The predicted molar refractivity (Wildman–Crippen MR) is 142 cm³/mol. The minimum atomic E-state index is -1.01. The van der Waals surface area contributed by atoms with Gasteiger partial charge < -0.3 is 25.6 Å². The lowest BCUT2D eigenvalue weighted by atomic mass is 9.88. The Morgan fingerprint density at radius 1 is 1.14 bits per heavy atom. The maximum Gasteiger partial charge on any atom is 0.337 e. The van der Waals surface area contributed by atoms with Crippen LogP contribution in [0.25, 0.3) is 0 Å². The molecule has 7 nitrogen and oxygen atoms in total. The van der Waals surface area contributed by atoms with E-state index in [-0.39, 0.29) is 36.4 Å². The number of carbonyl (C=O) groups is 1. The molecule has 1 aliphatic carbocycles. The summed E-state index contributed by atoms with van der Waals surface area (Å²) in [5, 5.41) is 26.6. The molecule has 1 heterocycles.